The number of carboxylic acids is 1. The summed E-state index contributed by atoms with van der Waals surface area (Å²) in [5.74, 6) is -0.887. The molecule has 1 atom stereocenters. The maximum Gasteiger partial charge on any atom is 0.303 e. The van der Waals surface area contributed by atoms with E-state index in [-0.39, 0.29) is 12.2 Å². The first-order valence-corrected chi connectivity index (χ1v) is 5.74. The monoisotopic (exact) mass is 226 g/mol. The molecule has 1 unspecified atom stereocenters. The molecular weight excluding hydrogens is 208 g/mol. The Labute approximate surface area is 95.0 Å². The molecule has 0 aliphatic heterocycles. The molecule has 2 N–H and O–H groups in total. The van der Waals surface area contributed by atoms with Crippen LogP contribution in [0.4, 0.5) is 0 Å². The van der Waals surface area contributed by atoms with E-state index in [1.807, 2.05) is 6.08 Å². The zero-order chi connectivity index (χ0) is 12.0. The predicted octanol–water partition coefficient (Wildman–Crippen LogP) is 1.67. The van der Waals surface area contributed by atoms with E-state index >= 15 is 0 Å². The summed E-state index contributed by atoms with van der Waals surface area (Å²) in [5.41, 5.74) is 0.741. The number of rotatable bonds is 7. The van der Waals surface area contributed by atoms with Crippen molar-refractivity contribution in [2.24, 2.45) is 0 Å². The van der Waals surface area contributed by atoms with Gasteiger partial charge in [0.05, 0.1) is 0 Å². The molecule has 0 amide bonds. The summed E-state index contributed by atoms with van der Waals surface area (Å²) in [6.45, 7) is 0. The molecule has 0 aromatic carbocycles. The Bertz CT molecular complexity index is 293. The summed E-state index contributed by atoms with van der Waals surface area (Å²) in [4.78, 5) is 21.6. The van der Waals surface area contributed by atoms with Gasteiger partial charge < -0.3 is 10.2 Å². The van der Waals surface area contributed by atoms with Gasteiger partial charge in [-0.25, -0.2) is 0 Å². The number of ketones is 1. The van der Waals surface area contributed by atoms with E-state index in [0.29, 0.717) is 19.3 Å². The Morgan fingerprint density at radius 3 is 2.56 bits per heavy atom. The molecule has 0 bridgehead atoms. The third-order valence-corrected chi connectivity index (χ3v) is 2.79. The number of aliphatic carboxylic acids is 1. The summed E-state index contributed by atoms with van der Waals surface area (Å²) in [6.07, 6.45) is 5.79. The van der Waals surface area contributed by atoms with Crippen LogP contribution < -0.4 is 0 Å². The molecule has 0 spiro atoms. The van der Waals surface area contributed by atoms with Gasteiger partial charge in [-0.3, -0.25) is 9.59 Å². The van der Waals surface area contributed by atoms with Crippen molar-refractivity contribution in [1.82, 2.24) is 0 Å². The average molecular weight is 226 g/mol. The number of carbonyl (C=O) groups is 2. The highest BCUT2D eigenvalue weighted by Crippen LogP contribution is 2.20. The fourth-order valence-corrected chi connectivity index (χ4v) is 1.85. The first kappa shape index (κ1) is 12.9. The number of aliphatic hydroxyl groups is 1. The number of hydrogen-bond donors (Lipinski definition) is 2. The molecule has 90 valence electrons. The molecule has 1 aliphatic rings. The molecule has 4 heteroatoms. The zero-order valence-corrected chi connectivity index (χ0v) is 9.32. The van der Waals surface area contributed by atoms with Gasteiger partial charge in [0.2, 0.25) is 0 Å². The number of carboxylic acid groups (broad SMARTS) is 1. The summed E-state index contributed by atoms with van der Waals surface area (Å²) in [7, 11) is 0. The van der Waals surface area contributed by atoms with Crippen LogP contribution in [0, 0.1) is 0 Å². The Morgan fingerprint density at radius 1 is 1.31 bits per heavy atom. The second kappa shape index (κ2) is 6.43. The van der Waals surface area contributed by atoms with Crippen LogP contribution in [0.15, 0.2) is 11.6 Å². The van der Waals surface area contributed by atoms with Crippen LogP contribution in [0.25, 0.3) is 0 Å². The highest BCUT2D eigenvalue weighted by Gasteiger charge is 2.23. The minimum atomic E-state index is -0.818. The third-order valence-electron chi connectivity index (χ3n) is 2.79. The van der Waals surface area contributed by atoms with Crippen molar-refractivity contribution in [2.75, 3.05) is 0 Å². The summed E-state index contributed by atoms with van der Waals surface area (Å²) in [5, 5.41) is 17.6. The van der Waals surface area contributed by atoms with Crippen LogP contribution in [0.1, 0.15) is 44.9 Å². The fraction of sp³-hybridized carbons (Fsp3) is 0.667. The van der Waals surface area contributed by atoms with E-state index in [4.69, 9.17) is 5.11 Å². The number of carbonyl (C=O) groups excluding carboxylic acids is 1. The van der Waals surface area contributed by atoms with Crippen LogP contribution in [-0.4, -0.2) is 28.1 Å². The summed E-state index contributed by atoms with van der Waals surface area (Å²) in [6, 6.07) is 0. The van der Waals surface area contributed by atoms with Crippen molar-refractivity contribution < 1.29 is 19.8 Å². The van der Waals surface area contributed by atoms with Crippen molar-refractivity contribution in [3.05, 3.63) is 11.6 Å². The molecule has 0 aromatic rings. The van der Waals surface area contributed by atoms with E-state index in [1.54, 1.807) is 0 Å². The molecule has 0 aromatic heterocycles. The summed E-state index contributed by atoms with van der Waals surface area (Å²) >= 11 is 0. The quantitative estimate of drug-likeness (QED) is 0.647. The predicted molar refractivity (Wildman–Crippen MR) is 59.1 cm³/mol. The van der Waals surface area contributed by atoms with E-state index in [9.17, 15) is 14.7 Å². The molecule has 16 heavy (non-hydrogen) atoms. The van der Waals surface area contributed by atoms with Gasteiger partial charge in [-0.15, -0.1) is 0 Å². The smallest absolute Gasteiger partial charge is 0.303 e. The molecule has 0 saturated carbocycles. The van der Waals surface area contributed by atoms with Crippen LogP contribution in [0.3, 0.4) is 0 Å². The number of aliphatic hydroxyl groups excluding tert-OH is 1. The Morgan fingerprint density at radius 2 is 2.00 bits per heavy atom. The molecule has 1 aliphatic carbocycles. The van der Waals surface area contributed by atoms with Gasteiger partial charge in [0, 0.05) is 6.42 Å². The van der Waals surface area contributed by atoms with Gasteiger partial charge in [0.1, 0.15) is 6.10 Å². The molecular formula is C12H18O4. The minimum absolute atomic E-state index is 0.134. The Kier molecular flexibility index (Phi) is 5.19. The molecule has 0 radical (unpaired) electrons. The average Bonchev–Trinajstić information content (AvgIpc) is 2.54. The van der Waals surface area contributed by atoms with Gasteiger partial charge in [0.25, 0.3) is 0 Å². The van der Waals surface area contributed by atoms with Gasteiger partial charge in [-0.05, 0) is 31.3 Å². The molecule has 0 saturated heterocycles. The first-order valence-electron chi connectivity index (χ1n) is 5.74. The topological polar surface area (TPSA) is 74.6 Å². The number of Topliss-reactive ketones (excluding diaryl/α,β-unsaturated/α-hetero) is 1. The standard InChI is InChI=1S/C12H18O4/c13-10-8-7-9(12(10)16)5-3-1-2-4-6-11(14)15/h7,10,13H,1-6,8H2,(H,14,15). The van der Waals surface area contributed by atoms with Gasteiger partial charge in [-0.1, -0.05) is 18.9 Å². The first-order chi connectivity index (χ1) is 7.61. The van der Waals surface area contributed by atoms with E-state index in [2.05, 4.69) is 0 Å². The normalized spacial score (nSPS) is 19.9. The van der Waals surface area contributed by atoms with E-state index < -0.39 is 12.1 Å². The molecule has 0 fully saturated rings. The van der Waals surface area contributed by atoms with E-state index in [0.717, 1.165) is 24.8 Å². The number of unbranched alkanes of at least 4 members (excludes halogenated alkanes) is 3. The maximum atomic E-state index is 11.3. The van der Waals surface area contributed by atoms with E-state index in [1.165, 1.54) is 0 Å². The maximum absolute atomic E-state index is 11.3. The summed E-state index contributed by atoms with van der Waals surface area (Å²) < 4.78 is 0. The lowest BCUT2D eigenvalue weighted by Gasteiger charge is -2.02. The largest absolute Gasteiger partial charge is 0.481 e. The van der Waals surface area contributed by atoms with Gasteiger partial charge in [-0.2, -0.15) is 0 Å². The van der Waals surface area contributed by atoms with Crippen molar-refractivity contribution >= 4 is 11.8 Å². The van der Waals surface area contributed by atoms with Crippen molar-refractivity contribution in [3.63, 3.8) is 0 Å². The zero-order valence-electron chi connectivity index (χ0n) is 9.32. The fourth-order valence-electron chi connectivity index (χ4n) is 1.85. The number of hydrogen-bond acceptors (Lipinski definition) is 3. The second-order valence-electron chi connectivity index (χ2n) is 4.15. The third kappa shape index (κ3) is 4.14. The van der Waals surface area contributed by atoms with Crippen molar-refractivity contribution in [2.45, 2.75) is 51.0 Å². The second-order valence-corrected chi connectivity index (χ2v) is 4.15. The minimum Gasteiger partial charge on any atom is -0.481 e. The SMILES string of the molecule is O=C(O)CCCCCCC1=CCC(O)C1=O. The van der Waals surface area contributed by atoms with Crippen molar-refractivity contribution in [3.8, 4) is 0 Å². The molecule has 4 nitrogen and oxygen atoms in total. The Balaban J connectivity index is 2.04. The van der Waals surface area contributed by atoms with Crippen LogP contribution in [0.2, 0.25) is 0 Å². The highest BCUT2D eigenvalue weighted by atomic mass is 16.4. The van der Waals surface area contributed by atoms with Crippen LogP contribution >= 0.6 is 0 Å². The lowest BCUT2D eigenvalue weighted by atomic mass is 10.0. The lowest BCUT2D eigenvalue weighted by Crippen LogP contribution is -2.15. The van der Waals surface area contributed by atoms with Crippen LogP contribution in [-0.2, 0) is 9.59 Å². The Hall–Kier alpha value is -1.16. The highest BCUT2D eigenvalue weighted by molar-refractivity contribution is 6.00. The van der Waals surface area contributed by atoms with Gasteiger partial charge >= 0.3 is 5.97 Å². The van der Waals surface area contributed by atoms with Crippen molar-refractivity contribution in [1.29, 1.82) is 0 Å². The molecule has 0 heterocycles. The van der Waals surface area contributed by atoms with Gasteiger partial charge in [0.15, 0.2) is 5.78 Å². The molecule has 1 rings (SSSR count). The lowest BCUT2D eigenvalue weighted by molar-refractivity contribution is -0.137. The van der Waals surface area contributed by atoms with Crippen LogP contribution in [0.5, 0.6) is 0 Å².